The number of amides is 2. The molecule has 1 aliphatic rings. The molecule has 0 heterocycles. The maximum absolute atomic E-state index is 12.0. The van der Waals surface area contributed by atoms with Crippen LogP contribution in [0.3, 0.4) is 0 Å². The molecule has 1 unspecified atom stereocenters. The molecule has 1 aliphatic carbocycles. The van der Waals surface area contributed by atoms with E-state index in [4.69, 9.17) is 10.4 Å². The van der Waals surface area contributed by atoms with Crippen molar-refractivity contribution in [2.24, 2.45) is 5.92 Å². The Morgan fingerprint density at radius 3 is 2.50 bits per heavy atom. The summed E-state index contributed by atoms with van der Waals surface area (Å²) in [5.74, 6) is 0.388. The van der Waals surface area contributed by atoms with E-state index in [0.717, 1.165) is 31.2 Å². The van der Waals surface area contributed by atoms with Crippen molar-refractivity contribution in [1.29, 1.82) is 5.26 Å². The number of carbonyl (C=O) groups is 1. The largest absolute Gasteiger partial charge is 0.396 e. The highest BCUT2D eigenvalue weighted by atomic mass is 16.3. The monoisotopic (exact) mass is 301 g/mol. The maximum Gasteiger partial charge on any atom is 0.315 e. The third kappa shape index (κ3) is 4.47. The topological polar surface area (TPSA) is 85.2 Å². The Morgan fingerprint density at radius 2 is 1.95 bits per heavy atom. The van der Waals surface area contributed by atoms with E-state index in [1.165, 1.54) is 0 Å². The number of nitrogens with one attached hydrogen (secondary N) is 2. The summed E-state index contributed by atoms with van der Waals surface area (Å²) in [7, 11) is 0. The first-order valence-corrected chi connectivity index (χ1v) is 7.80. The van der Waals surface area contributed by atoms with E-state index in [0.29, 0.717) is 11.5 Å². The molecule has 2 amide bonds. The third-order valence-corrected chi connectivity index (χ3v) is 4.33. The van der Waals surface area contributed by atoms with E-state index < -0.39 is 0 Å². The Hall–Kier alpha value is -2.06. The molecule has 5 heteroatoms. The van der Waals surface area contributed by atoms with Crippen LogP contribution in [0.5, 0.6) is 0 Å². The number of hydrogen-bond donors (Lipinski definition) is 3. The summed E-state index contributed by atoms with van der Waals surface area (Å²) < 4.78 is 0. The Balaban J connectivity index is 1.80. The standard InChI is InChI=1S/C17H23N3O2/c1-12(15-6-2-13(10-18)3-7-15)19-17(22)20-16-8-4-14(11-21)5-9-16/h2-3,6-7,12,14,16,21H,4-5,8-9,11H2,1H3,(H2,19,20,22). The van der Waals surface area contributed by atoms with Crippen LogP contribution in [0.25, 0.3) is 0 Å². The second kappa shape index (κ2) is 7.81. The van der Waals surface area contributed by atoms with Crippen LogP contribution in [-0.2, 0) is 0 Å². The first kappa shape index (κ1) is 16.3. The lowest BCUT2D eigenvalue weighted by Gasteiger charge is -2.28. The van der Waals surface area contributed by atoms with Crippen molar-refractivity contribution in [3.8, 4) is 6.07 Å². The minimum atomic E-state index is -0.163. The van der Waals surface area contributed by atoms with Gasteiger partial charge in [0, 0.05) is 12.6 Å². The average molecular weight is 301 g/mol. The zero-order valence-electron chi connectivity index (χ0n) is 12.9. The van der Waals surface area contributed by atoms with Gasteiger partial charge in [0.2, 0.25) is 0 Å². The van der Waals surface area contributed by atoms with Gasteiger partial charge in [-0.05, 0) is 56.2 Å². The van der Waals surface area contributed by atoms with E-state index in [9.17, 15) is 4.79 Å². The normalized spacial score (nSPS) is 22.4. The summed E-state index contributed by atoms with van der Waals surface area (Å²) in [6.07, 6.45) is 3.77. The molecule has 5 nitrogen and oxygen atoms in total. The van der Waals surface area contributed by atoms with Crippen LogP contribution in [-0.4, -0.2) is 23.8 Å². The zero-order valence-corrected chi connectivity index (χ0v) is 12.9. The van der Waals surface area contributed by atoms with Crippen LogP contribution in [0.4, 0.5) is 4.79 Å². The van der Waals surface area contributed by atoms with Crippen molar-refractivity contribution < 1.29 is 9.90 Å². The molecule has 0 spiro atoms. The van der Waals surface area contributed by atoms with Crippen LogP contribution in [0.15, 0.2) is 24.3 Å². The summed E-state index contributed by atoms with van der Waals surface area (Å²) in [6, 6.07) is 9.21. The van der Waals surface area contributed by atoms with Crippen LogP contribution in [0, 0.1) is 17.2 Å². The number of hydrogen-bond acceptors (Lipinski definition) is 3. The van der Waals surface area contributed by atoms with Crippen LogP contribution in [0.2, 0.25) is 0 Å². The van der Waals surface area contributed by atoms with Crippen LogP contribution < -0.4 is 10.6 Å². The molecule has 1 saturated carbocycles. The molecule has 1 atom stereocenters. The van der Waals surface area contributed by atoms with Gasteiger partial charge in [0.05, 0.1) is 17.7 Å². The first-order chi connectivity index (χ1) is 10.6. The average Bonchev–Trinajstić information content (AvgIpc) is 2.55. The SMILES string of the molecule is CC(NC(=O)NC1CCC(CO)CC1)c1ccc(C#N)cc1. The maximum atomic E-state index is 12.0. The smallest absolute Gasteiger partial charge is 0.315 e. The first-order valence-electron chi connectivity index (χ1n) is 7.80. The van der Waals surface area contributed by atoms with E-state index >= 15 is 0 Å². The second-order valence-corrected chi connectivity index (χ2v) is 5.97. The lowest BCUT2D eigenvalue weighted by molar-refractivity contribution is 0.174. The van der Waals surface area contributed by atoms with Gasteiger partial charge in [-0.2, -0.15) is 5.26 Å². The van der Waals surface area contributed by atoms with Gasteiger partial charge in [-0.25, -0.2) is 4.79 Å². The van der Waals surface area contributed by atoms with E-state index in [-0.39, 0.29) is 24.7 Å². The van der Waals surface area contributed by atoms with Gasteiger partial charge in [-0.1, -0.05) is 12.1 Å². The molecule has 1 aromatic carbocycles. The highest BCUT2D eigenvalue weighted by Crippen LogP contribution is 2.23. The fourth-order valence-corrected chi connectivity index (χ4v) is 2.84. The molecule has 1 fully saturated rings. The number of benzene rings is 1. The van der Waals surface area contributed by atoms with Gasteiger partial charge in [0.15, 0.2) is 0 Å². The summed E-state index contributed by atoms with van der Waals surface area (Å²) in [4.78, 5) is 12.0. The van der Waals surface area contributed by atoms with Crippen molar-refractivity contribution in [1.82, 2.24) is 10.6 Å². The van der Waals surface area contributed by atoms with E-state index in [1.807, 2.05) is 19.1 Å². The lowest BCUT2D eigenvalue weighted by atomic mass is 9.87. The Kier molecular flexibility index (Phi) is 5.79. The second-order valence-electron chi connectivity index (χ2n) is 5.97. The summed E-state index contributed by atoms with van der Waals surface area (Å²) in [5.41, 5.74) is 1.58. The van der Waals surface area contributed by atoms with Crippen molar-refractivity contribution in [2.75, 3.05) is 6.61 Å². The van der Waals surface area contributed by atoms with Gasteiger partial charge < -0.3 is 15.7 Å². The Bertz CT molecular complexity index is 528. The number of rotatable bonds is 4. The molecule has 2 rings (SSSR count). The summed E-state index contributed by atoms with van der Waals surface area (Å²) in [5, 5.41) is 23.8. The lowest BCUT2D eigenvalue weighted by Crippen LogP contribution is -2.44. The minimum Gasteiger partial charge on any atom is -0.396 e. The number of aliphatic hydroxyl groups is 1. The van der Waals surface area contributed by atoms with Crippen LogP contribution >= 0.6 is 0 Å². The van der Waals surface area contributed by atoms with Crippen LogP contribution in [0.1, 0.15) is 49.8 Å². The van der Waals surface area contributed by atoms with Crippen molar-refractivity contribution in [3.05, 3.63) is 35.4 Å². The molecular weight excluding hydrogens is 278 g/mol. The predicted molar refractivity (Wildman–Crippen MR) is 84.1 cm³/mol. The summed E-state index contributed by atoms with van der Waals surface area (Å²) in [6.45, 7) is 2.16. The number of urea groups is 1. The van der Waals surface area contributed by atoms with Gasteiger partial charge >= 0.3 is 6.03 Å². The number of nitrogens with zero attached hydrogens (tertiary/aromatic N) is 1. The number of aliphatic hydroxyl groups excluding tert-OH is 1. The predicted octanol–water partition coefficient (Wildman–Crippen LogP) is 2.47. The molecule has 0 saturated heterocycles. The molecule has 0 aromatic heterocycles. The van der Waals surface area contributed by atoms with Gasteiger partial charge in [-0.15, -0.1) is 0 Å². The molecule has 118 valence electrons. The highest BCUT2D eigenvalue weighted by Gasteiger charge is 2.22. The van der Waals surface area contributed by atoms with Crippen molar-refractivity contribution in [3.63, 3.8) is 0 Å². The fourth-order valence-electron chi connectivity index (χ4n) is 2.84. The number of nitriles is 1. The highest BCUT2D eigenvalue weighted by molar-refractivity contribution is 5.74. The van der Waals surface area contributed by atoms with Gasteiger partial charge in [-0.3, -0.25) is 0 Å². The molecule has 22 heavy (non-hydrogen) atoms. The molecular formula is C17H23N3O2. The molecule has 0 aliphatic heterocycles. The number of carbonyl (C=O) groups excluding carboxylic acids is 1. The summed E-state index contributed by atoms with van der Waals surface area (Å²) >= 11 is 0. The van der Waals surface area contributed by atoms with E-state index in [2.05, 4.69) is 16.7 Å². The molecule has 3 N–H and O–H groups in total. The Labute approximate surface area is 131 Å². The Morgan fingerprint density at radius 1 is 1.32 bits per heavy atom. The fraction of sp³-hybridized carbons (Fsp3) is 0.529. The third-order valence-electron chi connectivity index (χ3n) is 4.33. The molecule has 1 aromatic rings. The quantitative estimate of drug-likeness (QED) is 0.798. The van der Waals surface area contributed by atoms with E-state index in [1.54, 1.807) is 12.1 Å². The van der Waals surface area contributed by atoms with Crippen molar-refractivity contribution in [2.45, 2.75) is 44.7 Å². The minimum absolute atomic E-state index is 0.110. The van der Waals surface area contributed by atoms with Gasteiger partial charge in [0.25, 0.3) is 0 Å². The zero-order chi connectivity index (χ0) is 15.9. The molecule has 0 bridgehead atoms. The van der Waals surface area contributed by atoms with Crippen molar-refractivity contribution >= 4 is 6.03 Å². The molecule has 0 radical (unpaired) electrons. The van der Waals surface area contributed by atoms with Gasteiger partial charge in [0.1, 0.15) is 0 Å².